The van der Waals surface area contributed by atoms with Gasteiger partial charge in [0.25, 0.3) is 5.91 Å². The molecule has 0 aliphatic carbocycles. The molecule has 1 fully saturated rings. The van der Waals surface area contributed by atoms with E-state index >= 15 is 0 Å². The van der Waals surface area contributed by atoms with Crippen LogP contribution in [0.2, 0.25) is 0 Å². The van der Waals surface area contributed by atoms with Crippen LogP contribution in [0, 0.1) is 5.92 Å². The Balaban J connectivity index is 1.23. The van der Waals surface area contributed by atoms with E-state index in [9.17, 15) is 14.4 Å². The lowest BCUT2D eigenvalue weighted by atomic mass is 9.96. The highest BCUT2D eigenvalue weighted by molar-refractivity contribution is 7.98. The Morgan fingerprint density at radius 3 is 2.61 bits per heavy atom. The lowest BCUT2D eigenvalue weighted by molar-refractivity contribution is -0.136. The van der Waals surface area contributed by atoms with Gasteiger partial charge in [0.15, 0.2) is 11.5 Å². The minimum Gasteiger partial charge on any atom is -0.486 e. The molecule has 33 heavy (non-hydrogen) atoms. The van der Waals surface area contributed by atoms with Gasteiger partial charge in [-0.2, -0.15) is 0 Å². The standard InChI is InChI=1S/C23H26N4O5S/c1-33-22-17(3-2-8-24-22)23(30)27-9-6-15(7-10-27)14-25-20(28)21(29)26-16-4-5-18-19(13-16)32-12-11-31-18/h2-5,8,13,15H,6-7,9-12,14H2,1H3,(H,25,28)(H,26,29). The third kappa shape index (κ3) is 5.57. The minimum absolute atomic E-state index is 0.0197. The number of hydrogen-bond donors (Lipinski definition) is 2. The van der Waals surface area contributed by atoms with Crippen LogP contribution in [0.3, 0.4) is 0 Å². The van der Waals surface area contributed by atoms with E-state index in [0.29, 0.717) is 55.6 Å². The van der Waals surface area contributed by atoms with Gasteiger partial charge in [0, 0.05) is 37.6 Å². The van der Waals surface area contributed by atoms with Gasteiger partial charge in [-0.1, -0.05) is 0 Å². The Hall–Kier alpha value is -3.27. The Labute approximate surface area is 196 Å². The summed E-state index contributed by atoms with van der Waals surface area (Å²) >= 11 is 1.45. The molecule has 1 saturated heterocycles. The normalized spacial score (nSPS) is 15.6. The number of ether oxygens (including phenoxy) is 2. The molecule has 1 aromatic carbocycles. The van der Waals surface area contributed by atoms with E-state index in [0.717, 1.165) is 17.9 Å². The maximum Gasteiger partial charge on any atom is 0.313 e. The summed E-state index contributed by atoms with van der Waals surface area (Å²) in [7, 11) is 0. The van der Waals surface area contributed by atoms with Crippen molar-refractivity contribution in [3.05, 3.63) is 42.1 Å². The Morgan fingerprint density at radius 2 is 1.85 bits per heavy atom. The van der Waals surface area contributed by atoms with Crippen LogP contribution in [-0.4, -0.2) is 66.7 Å². The molecule has 2 N–H and O–H groups in total. The Morgan fingerprint density at radius 1 is 1.09 bits per heavy atom. The summed E-state index contributed by atoms with van der Waals surface area (Å²) in [6.07, 6.45) is 5.09. The maximum atomic E-state index is 12.8. The average molecular weight is 471 g/mol. The smallest absolute Gasteiger partial charge is 0.313 e. The number of likely N-dealkylation sites (tertiary alicyclic amines) is 1. The number of carbonyl (C=O) groups is 3. The zero-order valence-electron chi connectivity index (χ0n) is 18.3. The molecule has 0 spiro atoms. The molecular weight excluding hydrogens is 444 g/mol. The van der Waals surface area contributed by atoms with Crippen molar-refractivity contribution in [3.63, 3.8) is 0 Å². The highest BCUT2D eigenvalue weighted by Crippen LogP contribution is 2.32. The molecular formula is C23H26N4O5S. The predicted molar refractivity (Wildman–Crippen MR) is 124 cm³/mol. The molecule has 174 valence electrons. The van der Waals surface area contributed by atoms with Crippen LogP contribution in [0.15, 0.2) is 41.6 Å². The number of aromatic nitrogens is 1. The van der Waals surface area contributed by atoms with Crippen molar-refractivity contribution in [3.8, 4) is 11.5 Å². The van der Waals surface area contributed by atoms with Gasteiger partial charge < -0.3 is 25.0 Å². The highest BCUT2D eigenvalue weighted by atomic mass is 32.2. The molecule has 3 heterocycles. The number of anilines is 1. The van der Waals surface area contributed by atoms with Gasteiger partial charge in [-0.15, -0.1) is 11.8 Å². The second-order valence-corrected chi connectivity index (χ2v) is 8.61. The molecule has 4 rings (SSSR count). The Kier molecular flexibility index (Phi) is 7.33. The second kappa shape index (κ2) is 10.6. The fourth-order valence-corrected chi connectivity index (χ4v) is 4.39. The van der Waals surface area contributed by atoms with Crippen LogP contribution in [0.4, 0.5) is 5.69 Å². The number of amides is 3. The fourth-order valence-electron chi connectivity index (χ4n) is 3.85. The number of nitrogens with zero attached hydrogens (tertiary/aromatic N) is 2. The number of pyridine rings is 1. The van der Waals surface area contributed by atoms with E-state index in [-0.39, 0.29) is 11.8 Å². The van der Waals surface area contributed by atoms with Crippen molar-refractivity contribution in [2.75, 3.05) is 44.4 Å². The quantitative estimate of drug-likeness (QED) is 0.509. The minimum atomic E-state index is -0.736. The van der Waals surface area contributed by atoms with Gasteiger partial charge in [0.1, 0.15) is 18.2 Å². The number of nitrogens with one attached hydrogen (secondary N) is 2. The van der Waals surface area contributed by atoms with E-state index in [1.165, 1.54) is 11.8 Å². The summed E-state index contributed by atoms with van der Waals surface area (Å²) in [6.45, 7) is 2.52. The zero-order chi connectivity index (χ0) is 23.2. The van der Waals surface area contributed by atoms with Gasteiger partial charge in [-0.3, -0.25) is 14.4 Å². The van der Waals surface area contributed by atoms with Crippen LogP contribution in [0.25, 0.3) is 0 Å². The monoisotopic (exact) mass is 470 g/mol. The van der Waals surface area contributed by atoms with E-state index in [1.54, 1.807) is 36.5 Å². The molecule has 9 nitrogen and oxygen atoms in total. The van der Waals surface area contributed by atoms with Crippen LogP contribution in [0.1, 0.15) is 23.2 Å². The van der Waals surface area contributed by atoms with E-state index in [2.05, 4.69) is 15.6 Å². The van der Waals surface area contributed by atoms with E-state index in [4.69, 9.17) is 9.47 Å². The number of rotatable bonds is 5. The first kappa shape index (κ1) is 22.9. The van der Waals surface area contributed by atoms with Crippen molar-refractivity contribution >= 4 is 35.2 Å². The third-order valence-corrected chi connectivity index (χ3v) is 6.37. The van der Waals surface area contributed by atoms with Crippen molar-refractivity contribution < 1.29 is 23.9 Å². The van der Waals surface area contributed by atoms with E-state index in [1.807, 2.05) is 11.2 Å². The molecule has 0 atom stereocenters. The maximum absolute atomic E-state index is 12.8. The van der Waals surface area contributed by atoms with Crippen molar-refractivity contribution in [1.29, 1.82) is 0 Å². The number of thioether (sulfide) groups is 1. The van der Waals surface area contributed by atoms with Crippen molar-refractivity contribution in [1.82, 2.24) is 15.2 Å². The summed E-state index contributed by atoms with van der Waals surface area (Å²) in [4.78, 5) is 43.4. The van der Waals surface area contributed by atoms with Gasteiger partial charge in [0.2, 0.25) is 0 Å². The summed E-state index contributed by atoms with van der Waals surface area (Å²) in [5.74, 6) is -0.0926. The zero-order valence-corrected chi connectivity index (χ0v) is 19.2. The summed E-state index contributed by atoms with van der Waals surface area (Å²) in [5, 5.41) is 6.01. The predicted octanol–water partition coefficient (Wildman–Crippen LogP) is 2.18. The molecule has 0 bridgehead atoms. The molecule has 0 radical (unpaired) electrons. The molecule has 1 aromatic heterocycles. The second-order valence-electron chi connectivity index (χ2n) is 7.82. The van der Waals surface area contributed by atoms with Crippen LogP contribution >= 0.6 is 11.8 Å². The third-order valence-electron chi connectivity index (χ3n) is 5.65. The fraction of sp³-hybridized carbons (Fsp3) is 0.391. The molecule has 2 aliphatic heterocycles. The first-order chi connectivity index (χ1) is 16.0. The van der Waals surface area contributed by atoms with Gasteiger partial charge >= 0.3 is 11.8 Å². The largest absolute Gasteiger partial charge is 0.486 e. The van der Waals surface area contributed by atoms with Crippen LogP contribution in [-0.2, 0) is 9.59 Å². The SMILES string of the molecule is CSc1ncccc1C(=O)N1CCC(CNC(=O)C(=O)Nc2ccc3c(c2)OCCO3)CC1. The molecule has 0 unspecified atom stereocenters. The number of fused-ring (bicyclic) bond motifs is 1. The number of hydrogen-bond acceptors (Lipinski definition) is 7. The van der Waals surface area contributed by atoms with Gasteiger partial charge in [-0.25, -0.2) is 4.98 Å². The molecule has 2 aromatic rings. The molecule has 3 amide bonds. The lowest BCUT2D eigenvalue weighted by Crippen LogP contribution is -2.43. The topological polar surface area (TPSA) is 110 Å². The first-order valence-corrected chi connectivity index (χ1v) is 12.0. The Bertz CT molecular complexity index is 1040. The molecule has 2 aliphatic rings. The highest BCUT2D eigenvalue weighted by Gasteiger charge is 2.26. The van der Waals surface area contributed by atoms with E-state index < -0.39 is 11.8 Å². The number of piperidine rings is 1. The van der Waals surface area contributed by atoms with Crippen LogP contribution in [0.5, 0.6) is 11.5 Å². The molecule has 0 saturated carbocycles. The van der Waals surface area contributed by atoms with Gasteiger partial charge in [0.05, 0.1) is 5.56 Å². The van der Waals surface area contributed by atoms with Crippen molar-refractivity contribution in [2.24, 2.45) is 5.92 Å². The average Bonchev–Trinajstić information content (AvgIpc) is 2.87. The summed E-state index contributed by atoms with van der Waals surface area (Å²) in [6, 6.07) is 8.57. The lowest BCUT2D eigenvalue weighted by Gasteiger charge is -2.32. The first-order valence-electron chi connectivity index (χ1n) is 10.8. The number of benzene rings is 1. The molecule has 10 heteroatoms. The van der Waals surface area contributed by atoms with Crippen LogP contribution < -0.4 is 20.1 Å². The number of carbonyl (C=O) groups excluding carboxylic acids is 3. The van der Waals surface area contributed by atoms with Gasteiger partial charge in [-0.05, 0) is 49.3 Å². The van der Waals surface area contributed by atoms with Crippen molar-refractivity contribution in [2.45, 2.75) is 17.9 Å². The summed E-state index contributed by atoms with van der Waals surface area (Å²) < 4.78 is 10.9. The summed E-state index contributed by atoms with van der Waals surface area (Å²) in [5.41, 5.74) is 1.08.